The van der Waals surface area contributed by atoms with Crippen LogP contribution in [0.2, 0.25) is 5.02 Å². The summed E-state index contributed by atoms with van der Waals surface area (Å²) in [5.41, 5.74) is 1.34. The zero-order valence-electron chi connectivity index (χ0n) is 14.4. The molecule has 0 fully saturated rings. The van der Waals surface area contributed by atoms with Crippen molar-refractivity contribution in [2.45, 2.75) is 17.7 Å². The van der Waals surface area contributed by atoms with Crippen molar-refractivity contribution in [1.29, 1.82) is 0 Å². The first-order chi connectivity index (χ1) is 13.0. The summed E-state index contributed by atoms with van der Waals surface area (Å²) in [6, 6.07) is 17.7. The molecule has 1 amide bonds. The number of anilines is 2. The Bertz CT molecular complexity index is 1120. The van der Waals surface area contributed by atoms with Crippen LogP contribution in [0.1, 0.15) is 12.8 Å². The normalized spacial score (nSPS) is 14.5. The minimum absolute atomic E-state index is 0.162. The van der Waals surface area contributed by atoms with E-state index < -0.39 is 10.0 Å². The fourth-order valence-electron chi connectivity index (χ4n) is 3.34. The highest BCUT2D eigenvalue weighted by atomic mass is 35.5. The third-order valence-corrected chi connectivity index (χ3v) is 6.68. The molecule has 1 aliphatic rings. The number of rotatable bonds is 5. The molecule has 0 radical (unpaired) electrons. The summed E-state index contributed by atoms with van der Waals surface area (Å²) >= 11 is 5.83. The Morgan fingerprint density at radius 2 is 1.70 bits per heavy atom. The number of halogens is 1. The minimum atomic E-state index is -3.57. The molecule has 138 valence electrons. The third-order valence-electron chi connectivity index (χ3n) is 4.57. The Hall–Kier alpha value is -2.57. The number of amides is 1. The van der Waals surface area contributed by atoms with Crippen LogP contribution in [0.25, 0.3) is 10.8 Å². The fourth-order valence-corrected chi connectivity index (χ4v) is 5.21. The van der Waals surface area contributed by atoms with Crippen LogP contribution in [0.5, 0.6) is 0 Å². The van der Waals surface area contributed by atoms with Crippen molar-refractivity contribution in [2.75, 3.05) is 16.2 Å². The van der Waals surface area contributed by atoms with E-state index in [4.69, 9.17) is 11.6 Å². The molecule has 3 aromatic rings. The van der Waals surface area contributed by atoms with E-state index in [-0.39, 0.29) is 18.9 Å². The van der Waals surface area contributed by atoms with Gasteiger partial charge in [-0.15, -0.1) is 0 Å². The Labute approximate surface area is 162 Å². The summed E-state index contributed by atoms with van der Waals surface area (Å²) in [5, 5.41) is 5.04. The first kappa shape index (κ1) is 17.8. The zero-order chi connectivity index (χ0) is 19.0. The zero-order valence-corrected chi connectivity index (χ0v) is 15.9. The Kier molecular flexibility index (Phi) is 4.53. The monoisotopic (exact) mass is 400 g/mol. The van der Waals surface area contributed by atoms with Crippen LogP contribution in [-0.2, 0) is 14.8 Å². The van der Waals surface area contributed by atoms with Crippen molar-refractivity contribution in [3.05, 3.63) is 65.7 Å². The van der Waals surface area contributed by atoms with Gasteiger partial charge in [-0.2, -0.15) is 0 Å². The Balaban J connectivity index is 1.45. The average molecular weight is 401 g/mol. The van der Waals surface area contributed by atoms with Gasteiger partial charge in [0, 0.05) is 29.1 Å². The van der Waals surface area contributed by atoms with Crippen molar-refractivity contribution in [3.63, 3.8) is 0 Å². The molecule has 0 saturated carbocycles. The average Bonchev–Trinajstić information content (AvgIpc) is 2.87. The lowest BCUT2D eigenvalue weighted by Crippen LogP contribution is -2.28. The number of nitrogens with zero attached hydrogens (tertiary/aromatic N) is 1. The van der Waals surface area contributed by atoms with Crippen LogP contribution in [-0.4, -0.2) is 20.9 Å². The smallest absolute Gasteiger partial charge is 0.265 e. The predicted molar refractivity (Wildman–Crippen MR) is 108 cm³/mol. The van der Waals surface area contributed by atoms with Gasteiger partial charge in [0.25, 0.3) is 10.0 Å². The molecular weight excluding hydrogens is 384 g/mol. The van der Waals surface area contributed by atoms with E-state index >= 15 is 0 Å². The van der Waals surface area contributed by atoms with E-state index in [9.17, 15) is 13.2 Å². The van der Waals surface area contributed by atoms with Gasteiger partial charge < -0.3 is 5.32 Å². The lowest BCUT2D eigenvalue weighted by atomic mass is 10.1. The lowest BCUT2D eigenvalue weighted by molar-refractivity contribution is -0.116. The molecule has 1 heterocycles. The molecule has 0 aromatic heterocycles. The first-order valence-electron chi connectivity index (χ1n) is 8.57. The molecular formula is C20H17ClN2O3S. The van der Waals surface area contributed by atoms with Crippen LogP contribution >= 0.6 is 11.6 Å². The highest BCUT2D eigenvalue weighted by Crippen LogP contribution is 2.41. The molecule has 0 unspecified atom stereocenters. The SMILES string of the molecule is O=C(CCCN1c2cccc3cccc(c23)S1(=O)=O)Nc1ccc(Cl)cc1. The van der Waals surface area contributed by atoms with Crippen molar-refractivity contribution >= 4 is 49.7 Å². The molecule has 0 aliphatic carbocycles. The fraction of sp³-hybridized carbons (Fsp3) is 0.150. The van der Waals surface area contributed by atoms with Gasteiger partial charge in [0.05, 0.1) is 10.6 Å². The molecule has 3 aromatic carbocycles. The molecule has 0 bridgehead atoms. The summed E-state index contributed by atoms with van der Waals surface area (Å²) in [6.07, 6.45) is 0.643. The van der Waals surface area contributed by atoms with Crippen LogP contribution < -0.4 is 9.62 Å². The standard InChI is InChI=1S/C20H17ClN2O3S/c21-15-9-11-16(12-10-15)22-19(24)8-3-13-23-17-6-1-4-14-5-2-7-18(20(14)17)27(23,25)26/h1-2,4-7,9-12H,3,8,13H2,(H,22,24). The van der Waals surface area contributed by atoms with E-state index in [2.05, 4.69) is 5.32 Å². The van der Waals surface area contributed by atoms with Crippen LogP contribution in [0.4, 0.5) is 11.4 Å². The van der Waals surface area contributed by atoms with Crippen LogP contribution in [0.15, 0.2) is 65.6 Å². The van der Waals surface area contributed by atoms with Gasteiger partial charge in [0.1, 0.15) is 0 Å². The summed E-state index contributed by atoms with van der Waals surface area (Å²) in [7, 11) is -3.57. The number of benzene rings is 3. The Morgan fingerprint density at radius 3 is 2.44 bits per heavy atom. The molecule has 5 nitrogen and oxygen atoms in total. The molecule has 0 saturated heterocycles. The summed E-state index contributed by atoms with van der Waals surface area (Å²) < 4.78 is 27.2. The Morgan fingerprint density at radius 1 is 1.00 bits per heavy atom. The van der Waals surface area contributed by atoms with Crippen LogP contribution in [0.3, 0.4) is 0 Å². The van der Waals surface area contributed by atoms with E-state index in [1.165, 1.54) is 4.31 Å². The summed E-state index contributed by atoms with van der Waals surface area (Å²) in [5.74, 6) is -0.162. The van der Waals surface area contributed by atoms with Crippen molar-refractivity contribution < 1.29 is 13.2 Å². The van der Waals surface area contributed by atoms with Crippen molar-refractivity contribution in [1.82, 2.24) is 0 Å². The largest absolute Gasteiger partial charge is 0.326 e. The summed E-state index contributed by atoms with van der Waals surface area (Å²) in [6.45, 7) is 0.254. The van der Waals surface area contributed by atoms with Crippen molar-refractivity contribution in [3.8, 4) is 0 Å². The van der Waals surface area contributed by atoms with Gasteiger partial charge in [0.2, 0.25) is 5.91 Å². The van der Waals surface area contributed by atoms with Crippen molar-refractivity contribution in [2.24, 2.45) is 0 Å². The number of hydrogen-bond acceptors (Lipinski definition) is 3. The van der Waals surface area contributed by atoms with Crippen LogP contribution in [0, 0.1) is 0 Å². The number of nitrogens with one attached hydrogen (secondary N) is 1. The quantitative estimate of drug-likeness (QED) is 0.689. The van der Waals surface area contributed by atoms with Gasteiger partial charge >= 0.3 is 0 Å². The topological polar surface area (TPSA) is 66.5 Å². The van der Waals surface area contributed by atoms with Gasteiger partial charge in [-0.3, -0.25) is 9.10 Å². The van der Waals surface area contributed by atoms with Gasteiger partial charge in [-0.25, -0.2) is 8.42 Å². The first-order valence-corrected chi connectivity index (χ1v) is 10.4. The van der Waals surface area contributed by atoms with E-state index in [0.717, 1.165) is 10.8 Å². The van der Waals surface area contributed by atoms with Gasteiger partial charge in [-0.05, 0) is 48.2 Å². The molecule has 1 N–H and O–H groups in total. The number of carbonyl (C=O) groups excluding carboxylic acids is 1. The second kappa shape index (κ2) is 6.87. The van der Waals surface area contributed by atoms with Gasteiger partial charge in [-0.1, -0.05) is 35.9 Å². The lowest BCUT2D eigenvalue weighted by Gasteiger charge is -2.18. The minimum Gasteiger partial charge on any atom is -0.326 e. The van der Waals surface area contributed by atoms with E-state index in [1.807, 2.05) is 24.3 Å². The van der Waals surface area contributed by atoms with E-state index in [0.29, 0.717) is 27.7 Å². The number of hydrogen-bond donors (Lipinski definition) is 1. The highest BCUT2D eigenvalue weighted by Gasteiger charge is 2.34. The molecule has 0 atom stereocenters. The number of sulfonamides is 1. The molecule has 0 spiro atoms. The highest BCUT2D eigenvalue weighted by molar-refractivity contribution is 7.93. The molecule has 27 heavy (non-hydrogen) atoms. The number of carbonyl (C=O) groups is 1. The molecule has 7 heteroatoms. The predicted octanol–water partition coefficient (Wildman–Crippen LogP) is 4.42. The maximum absolute atomic E-state index is 12.9. The second-order valence-corrected chi connectivity index (χ2v) is 8.63. The third kappa shape index (κ3) is 3.26. The maximum atomic E-state index is 12.9. The summed E-state index contributed by atoms with van der Waals surface area (Å²) in [4.78, 5) is 12.5. The molecule has 4 rings (SSSR count). The van der Waals surface area contributed by atoms with Gasteiger partial charge in [0.15, 0.2) is 0 Å². The molecule has 1 aliphatic heterocycles. The second-order valence-electron chi connectivity index (χ2n) is 6.37. The maximum Gasteiger partial charge on any atom is 0.265 e. The van der Waals surface area contributed by atoms with E-state index in [1.54, 1.807) is 36.4 Å².